The Morgan fingerprint density at radius 1 is 0.403 bits per heavy atom. The molecule has 0 radical (unpaired) electrons. The number of hydrogen-bond acceptors (Lipinski definition) is 3. The molecule has 0 spiro atoms. The van der Waals surface area contributed by atoms with E-state index in [1.54, 1.807) is 6.08 Å². The van der Waals surface area contributed by atoms with Gasteiger partial charge in [0.15, 0.2) is 0 Å². The Labute approximate surface area is 381 Å². The lowest BCUT2D eigenvalue weighted by molar-refractivity contribution is -0.123. The van der Waals surface area contributed by atoms with Crippen LogP contribution in [0, 0.1) is 0 Å². The third kappa shape index (κ3) is 46.8. The Hall–Kier alpha value is -4.25. The van der Waals surface area contributed by atoms with Crippen LogP contribution < -0.4 is 5.32 Å². The monoisotopic (exact) mass is 848 g/mol. The van der Waals surface area contributed by atoms with Crippen LogP contribution >= 0.6 is 0 Å². The second-order valence-electron chi connectivity index (χ2n) is 15.4. The standard InChI is InChI=1S/C58H89NO3/c1-3-5-7-9-11-13-15-16-17-18-19-20-21-22-23-24-25-26-27-28-29-30-31-32-33-34-35-36-37-38-39-40-41-42-44-46-48-50-52-54-58(62)59-56(55-60)57(61)53-51-49-47-45-43-14-12-10-8-6-4-2/h5,7,11,13,16-17,19-20,22-23,25-26,28-29,31-32,34-35,37-38,40-41,43-46,51,53,56-57,60-61H,3-4,6,8-10,12,14-15,18,21,24,27,30,33,36,39,42,47-50,52,54-55H2,1-2H3,(H,59,62)/b7-5-,13-11-,17-16-,20-19-,23-22-,26-25-,29-28-,32-31-,35-34-,38-37-,41-40-,45-43+,46-44-,53-51+. The van der Waals surface area contributed by atoms with Gasteiger partial charge in [0.05, 0.1) is 18.8 Å². The number of unbranched alkanes of at least 4 members (excludes halogenated alkanes) is 8. The molecule has 0 heterocycles. The van der Waals surface area contributed by atoms with E-state index in [0.717, 1.165) is 116 Å². The van der Waals surface area contributed by atoms with Crippen molar-refractivity contribution in [2.75, 3.05) is 6.61 Å². The molecule has 4 heteroatoms. The summed E-state index contributed by atoms with van der Waals surface area (Å²) in [6.45, 7) is 4.11. The molecule has 0 rings (SSSR count). The first-order chi connectivity index (χ1) is 30.7. The van der Waals surface area contributed by atoms with Gasteiger partial charge in [-0.1, -0.05) is 210 Å². The average Bonchev–Trinajstić information content (AvgIpc) is 3.28. The van der Waals surface area contributed by atoms with E-state index >= 15 is 0 Å². The van der Waals surface area contributed by atoms with Crippen LogP contribution in [0.3, 0.4) is 0 Å². The number of carbonyl (C=O) groups excluding carboxylic acids is 1. The maximum absolute atomic E-state index is 12.4. The fraction of sp³-hybridized carbons (Fsp3) is 0.500. The number of aliphatic hydroxyl groups excluding tert-OH is 2. The molecule has 0 saturated heterocycles. The fourth-order valence-corrected chi connectivity index (χ4v) is 6.00. The maximum atomic E-state index is 12.4. The second-order valence-corrected chi connectivity index (χ2v) is 15.4. The van der Waals surface area contributed by atoms with Crippen molar-refractivity contribution < 1.29 is 15.0 Å². The van der Waals surface area contributed by atoms with Crippen molar-refractivity contribution in [3.63, 3.8) is 0 Å². The molecule has 0 fully saturated rings. The van der Waals surface area contributed by atoms with Crippen molar-refractivity contribution in [2.45, 2.75) is 180 Å². The average molecular weight is 848 g/mol. The Bertz CT molecular complexity index is 1420. The molecule has 62 heavy (non-hydrogen) atoms. The van der Waals surface area contributed by atoms with E-state index in [0.29, 0.717) is 6.42 Å². The summed E-state index contributed by atoms with van der Waals surface area (Å²) < 4.78 is 0. The summed E-state index contributed by atoms with van der Waals surface area (Å²) in [4.78, 5) is 12.4. The third-order valence-corrected chi connectivity index (χ3v) is 9.68. The van der Waals surface area contributed by atoms with Crippen molar-refractivity contribution >= 4 is 5.91 Å². The molecule has 0 aromatic heterocycles. The molecule has 3 N–H and O–H groups in total. The minimum absolute atomic E-state index is 0.127. The van der Waals surface area contributed by atoms with Gasteiger partial charge in [0.1, 0.15) is 0 Å². The van der Waals surface area contributed by atoms with Gasteiger partial charge in [0.2, 0.25) is 5.91 Å². The van der Waals surface area contributed by atoms with E-state index in [-0.39, 0.29) is 12.5 Å². The summed E-state index contributed by atoms with van der Waals surface area (Å²) >= 11 is 0. The second kappa shape index (κ2) is 51.1. The molecule has 0 bridgehead atoms. The predicted octanol–water partition coefficient (Wildman–Crippen LogP) is 16.0. The fourth-order valence-electron chi connectivity index (χ4n) is 6.00. The van der Waals surface area contributed by atoms with Gasteiger partial charge in [-0.2, -0.15) is 0 Å². The van der Waals surface area contributed by atoms with Crippen LogP contribution in [0.15, 0.2) is 170 Å². The van der Waals surface area contributed by atoms with Crippen LogP contribution in [0.25, 0.3) is 0 Å². The lowest BCUT2D eigenvalue weighted by atomic mass is 10.1. The first-order valence-corrected chi connectivity index (χ1v) is 24.3. The van der Waals surface area contributed by atoms with Crippen molar-refractivity contribution in [3.8, 4) is 0 Å². The summed E-state index contributed by atoms with van der Waals surface area (Å²) in [5.74, 6) is -0.127. The molecule has 0 aromatic carbocycles. The Morgan fingerprint density at radius 3 is 1.11 bits per heavy atom. The van der Waals surface area contributed by atoms with Crippen LogP contribution in [0.2, 0.25) is 0 Å². The highest BCUT2D eigenvalue weighted by Crippen LogP contribution is 2.08. The van der Waals surface area contributed by atoms with Gasteiger partial charge >= 0.3 is 0 Å². The molecule has 344 valence electrons. The van der Waals surface area contributed by atoms with Crippen LogP contribution in [-0.2, 0) is 4.79 Å². The van der Waals surface area contributed by atoms with Crippen molar-refractivity contribution in [1.29, 1.82) is 0 Å². The largest absolute Gasteiger partial charge is 0.394 e. The third-order valence-electron chi connectivity index (χ3n) is 9.68. The highest BCUT2D eigenvalue weighted by Gasteiger charge is 2.17. The van der Waals surface area contributed by atoms with Crippen molar-refractivity contribution in [1.82, 2.24) is 5.32 Å². The first-order valence-electron chi connectivity index (χ1n) is 24.3. The van der Waals surface area contributed by atoms with Gasteiger partial charge in [0.25, 0.3) is 0 Å². The molecule has 2 unspecified atom stereocenters. The van der Waals surface area contributed by atoms with Gasteiger partial charge in [-0.25, -0.2) is 0 Å². The molecule has 0 aliphatic heterocycles. The minimum atomic E-state index is -0.891. The van der Waals surface area contributed by atoms with Crippen molar-refractivity contribution in [3.05, 3.63) is 170 Å². The van der Waals surface area contributed by atoms with E-state index in [1.165, 1.54) is 32.1 Å². The number of amides is 1. The van der Waals surface area contributed by atoms with E-state index in [9.17, 15) is 15.0 Å². The van der Waals surface area contributed by atoms with E-state index in [4.69, 9.17) is 0 Å². The number of carbonyl (C=O) groups is 1. The summed E-state index contributed by atoms with van der Waals surface area (Å²) in [7, 11) is 0. The zero-order chi connectivity index (χ0) is 44.9. The van der Waals surface area contributed by atoms with Crippen LogP contribution in [0.1, 0.15) is 168 Å². The van der Waals surface area contributed by atoms with E-state index in [2.05, 4.69) is 177 Å². The predicted molar refractivity (Wildman–Crippen MR) is 275 cm³/mol. The SMILES string of the molecule is CC/C=C\C/C=C\C/C=C\C/C=C\C/C=C\C/C=C\C/C=C\C/C=C\C/C=C\C/C=C\C/C=C\C/C=C\CCCCC(=O)NC(CO)C(O)/C=C/CC/C=C/CCCCCCC. The van der Waals surface area contributed by atoms with Crippen LogP contribution in [0.5, 0.6) is 0 Å². The molecule has 1 amide bonds. The lowest BCUT2D eigenvalue weighted by Crippen LogP contribution is -2.45. The number of nitrogens with one attached hydrogen (secondary N) is 1. The summed E-state index contributed by atoms with van der Waals surface area (Å²) in [5.41, 5.74) is 0. The molecule has 2 atom stereocenters. The zero-order valence-corrected chi connectivity index (χ0v) is 39.3. The summed E-state index contributed by atoms with van der Waals surface area (Å²) in [6.07, 6.45) is 84.8. The smallest absolute Gasteiger partial charge is 0.220 e. The van der Waals surface area contributed by atoms with Gasteiger partial charge in [-0.05, 0) is 122 Å². The highest BCUT2D eigenvalue weighted by atomic mass is 16.3. The zero-order valence-electron chi connectivity index (χ0n) is 39.3. The molecule has 0 saturated carbocycles. The first kappa shape index (κ1) is 57.8. The minimum Gasteiger partial charge on any atom is -0.394 e. The number of hydrogen-bond donors (Lipinski definition) is 3. The quantitative estimate of drug-likeness (QED) is 0.0424. The summed E-state index contributed by atoms with van der Waals surface area (Å²) in [6, 6.07) is -0.674. The maximum Gasteiger partial charge on any atom is 0.220 e. The molecule has 0 aliphatic carbocycles. The van der Waals surface area contributed by atoms with Gasteiger partial charge in [0, 0.05) is 6.42 Å². The van der Waals surface area contributed by atoms with Gasteiger partial charge in [-0.15, -0.1) is 0 Å². The molecule has 0 aliphatic rings. The van der Waals surface area contributed by atoms with Crippen LogP contribution in [-0.4, -0.2) is 34.9 Å². The number of rotatable bonds is 41. The normalized spacial score (nSPS) is 14.5. The lowest BCUT2D eigenvalue weighted by Gasteiger charge is -2.19. The van der Waals surface area contributed by atoms with Gasteiger partial charge in [-0.3, -0.25) is 4.79 Å². The number of aliphatic hydroxyl groups is 2. The Morgan fingerprint density at radius 2 is 0.726 bits per heavy atom. The Balaban J connectivity index is 3.79. The topological polar surface area (TPSA) is 69.6 Å². The van der Waals surface area contributed by atoms with E-state index < -0.39 is 12.1 Å². The molecular formula is C58H89NO3. The molecule has 4 nitrogen and oxygen atoms in total. The molecule has 0 aromatic rings. The van der Waals surface area contributed by atoms with E-state index in [1.807, 2.05) is 6.08 Å². The number of allylic oxidation sites excluding steroid dienone is 27. The van der Waals surface area contributed by atoms with Gasteiger partial charge < -0.3 is 15.5 Å². The van der Waals surface area contributed by atoms with Crippen LogP contribution in [0.4, 0.5) is 0 Å². The summed E-state index contributed by atoms with van der Waals surface area (Å²) in [5, 5.41) is 22.9. The highest BCUT2D eigenvalue weighted by molar-refractivity contribution is 5.76. The Kier molecular flexibility index (Phi) is 47.6. The van der Waals surface area contributed by atoms with Crippen molar-refractivity contribution in [2.24, 2.45) is 0 Å². The molecular weight excluding hydrogens is 759 g/mol.